The number of benzene rings is 1. The molecule has 0 radical (unpaired) electrons. The Bertz CT molecular complexity index is 380. The number of nitrogens with two attached hydrogens (primary N) is 1. The van der Waals surface area contributed by atoms with Gasteiger partial charge < -0.3 is 10.5 Å². The van der Waals surface area contributed by atoms with Gasteiger partial charge in [0.1, 0.15) is 0 Å². The molecule has 2 rings (SSSR count). The summed E-state index contributed by atoms with van der Waals surface area (Å²) in [6, 6.07) is 8.28. The fourth-order valence-corrected chi connectivity index (χ4v) is 2.93. The molecule has 1 aliphatic rings. The van der Waals surface area contributed by atoms with E-state index in [9.17, 15) is 0 Å². The number of ether oxygens (including phenoxy) is 1. The second-order valence-corrected chi connectivity index (χ2v) is 5.45. The highest BCUT2D eigenvalue weighted by Crippen LogP contribution is 2.25. The van der Waals surface area contributed by atoms with E-state index in [1.165, 1.54) is 12.0 Å². The lowest BCUT2D eigenvalue weighted by Gasteiger charge is -2.37. The summed E-state index contributed by atoms with van der Waals surface area (Å²) < 4.78 is 5.76. The fraction of sp³-hybridized carbons (Fsp3) is 0.600. The molecule has 1 aromatic rings. The zero-order chi connectivity index (χ0) is 13.7. The molecule has 0 spiro atoms. The van der Waals surface area contributed by atoms with Gasteiger partial charge in [-0.3, -0.25) is 4.90 Å². The number of hydrogen-bond donors (Lipinski definition) is 1. The number of rotatable bonds is 5. The van der Waals surface area contributed by atoms with Crippen molar-refractivity contribution in [1.82, 2.24) is 4.90 Å². The van der Waals surface area contributed by atoms with E-state index >= 15 is 0 Å². The quantitative estimate of drug-likeness (QED) is 0.902. The van der Waals surface area contributed by atoms with Crippen LogP contribution in [0, 0.1) is 0 Å². The minimum absolute atomic E-state index is 0.264. The molecule has 0 aliphatic carbocycles. The average molecular weight is 283 g/mol. The van der Waals surface area contributed by atoms with E-state index in [2.05, 4.69) is 24.0 Å². The maximum Gasteiger partial charge on any atom is 0.0702 e. The summed E-state index contributed by atoms with van der Waals surface area (Å²) in [6.45, 7) is 5.53. The van der Waals surface area contributed by atoms with Crippen LogP contribution in [0.5, 0.6) is 0 Å². The molecule has 4 heteroatoms. The molecular formula is C15H23ClN2O. The SMILES string of the molecule is CCOC1CCCN(C(CN)c2ccc(Cl)cc2)C1. The molecule has 19 heavy (non-hydrogen) atoms. The van der Waals surface area contributed by atoms with Crippen molar-refractivity contribution in [3.63, 3.8) is 0 Å². The summed E-state index contributed by atoms with van der Waals surface area (Å²) in [6.07, 6.45) is 2.68. The molecule has 1 fully saturated rings. The van der Waals surface area contributed by atoms with Gasteiger partial charge in [0.15, 0.2) is 0 Å². The largest absolute Gasteiger partial charge is 0.377 e. The van der Waals surface area contributed by atoms with Crippen LogP contribution in [0.1, 0.15) is 31.4 Å². The van der Waals surface area contributed by atoms with E-state index < -0.39 is 0 Å². The Morgan fingerprint density at radius 3 is 2.79 bits per heavy atom. The van der Waals surface area contributed by atoms with Crippen molar-refractivity contribution in [2.24, 2.45) is 5.73 Å². The van der Waals surface area contributed by atoms with Gasteiger partial charge in [-0.05, 0) is 44.0 Å². The highest BCUT2D eigenvalue weighted by molar-refractivity contribution is 6.30. The first-order valence-electron chi connectivity index (χ1n) is 7.05. The molecule has 1 heterocycles. The summed E-state index contributed by atoms with van der Waals surface area (Å²) in [5.74, 6) is 0. The predicted molar refractivity (Wildman–Crippen MR) is 79.5 cm³/mol. The highest BCUT2D eigenvalue weighted by Gasteiger charge is 2.26. The number of piperidine rings is 1. The Labute approximate surface area is 120 Å². The summed E-state index contributed by atoms with van der Waals surface area (Å²) in [5, 5.41) is 0.769. The lowest BCUT2D eigenvalue weighted by molar-refractivity contribution is -0.00659. The second kappa shape index (κ2) is 7.25. The third-order valence-electron chi connectivity index (χ3n) is 3.73. The van der Waals surface area contributed by atoms with Crippen LogP contribution in [0.15, 0.2) is 24.3 Å². The Kier molecular flexibility index (Phi) is 5.64. The first kappa shape index (κ1) is 14.8. The molecule has 2 atom stereocenters. The average Bonchev–Trinajstić information content (AvgIpc) is 2.43. The first-order valence-corrected chi connectivity index (χ1v) is 7.43. The molecule has 0 bridgehead atoms. The van der Waals surface area contributed by atoms with Crippen molar-refractivity contribution >= 4 is 11.6 Å². The minimum Gasteiger partial charge on any atom is -0.377 e. The number of hydrogen-bond acceptors (Lipinski definition) is 3. The van der Waals surface area contributed by atoms with Crippen molar-refractivity contribution in [2.75, 3.05) is 26.2 Å². The van der Waals surface area contributed by atoms with E-state index in [-0.39, 0.29) is 6.04 Å². The number of likely N-dealkylation sites (tertiary alicyclic amines) is 1. The Hall–Kier alpha value is -0.610. The van der Waals surface area contributed by atoms with E-state index in [0.717, 1.165) is 31.1 Å². The second-order valence-electron chi connectivity index (χ2n) is 5.02. The third-order valence-corrected chi connectivity index (χ3v) is 3.98. The first-order chi connectivity index (χ1) is 9.24. The number of halogens is 1. The summed E-state index contributed by atoms with van der Waals surface area (Å²) in [5.41, 5.74) is 7.22. The minimum atomic E-state index is 0.264. The molecule has 3 nitrogen and oxygen atoms in total. The van der Waals surface area contributed by atoms with Crippen LogP contribution in [-0.4, -0.2) is 37.2 Å². The van der Waals surface area contributed by atoms with Gasteiger partial charge in [0.05, 0.1) is 6.10 Å². The molecule has 1 aliphatic heterocycles. The Balaban J connectivity index is 2.06. The molecular weight excluding hydrogens is 260 g/mol. The zero-order valence-electron chi connectivity index (χ0n) is 11.5. The molecule has 0 saturated carbocycles. The van der Waals surface area contributed by atoms with Gasteiger partial charge >= 0.3 is 0 Å². The maximum absolute atomic E-state index is 5.98. The fourth-order valence-electron chi connectivity index (χ4n) is 2.80. The van der Waals surface area contributed by atoms with Gasteiger partial charge in [0, 0.05) is 30.8 Å². The van der Waals surface area contributed by atoms with E-state index in [1.807, 2.05) is 12.1 Å². The molecule has 0 amide bonds. The van der Waals surface area contributed by atoms with Gasteiger partial charge in [-0.1, -0.05) is 23.7 Å². The van der Waals surface area contributed by atoms with Crippen molar-refractivity contribution in [3.05, 3.63) is 34.9 Å². The van der Waals surface area contributed by atoms with Gasteiger partial charge in [-0.25, -0.2) is 0 Å². The van der Waals surface area contributed by atoms with Crippen molar-refractivity contribution in [1.29, 1.82) is 0 Å². The van der Waals surface area contributed by atoms with Crippen molar-refractivity contribution in [3.8, 4) is 0 Å². The summed E-state index contributed by atoms with van der Waals surface area (Å²) in [7, 11) is 0. The van der Waals surface area contributed by atoms with E-state index in [1.54, 1.807) is 0 Å². The van der Waals surface area contributed by atoms with Crippen LogP contribution in [0.2, 0.25) is 5.02 Å². The van der Waals surface area contributed by atoms with Crippen molar-refractivity contribution in [2.45, 2.75) is 31.9 Å². The van der Waals surface area contributed by atoms with E-state index in [0.29, 0.717) is 12.6 Å². The molecule has 2 unspecified atom stereocenters. The number of nitrogens with zero attached hydrogens (tertiary/aromatic N) is 1. The lowest BCUT2D eigenvalue weighted by atomic mass is 10.0. The van der Waals surface area contributed by atoms with Crippen LogP contribution in [0.25, 0.3) is 0 Å². The van der Waals surface area contributed by atoms with E-state index in [4.69, 9.17) is 22.1 Å². The standard InChI is InChI=1S/C15H23ClN2O/c1-2-19-14-4-3-9-18(11-14)15(10-17)12-5-7-13(16)8-6-12/h5-8,14-15H,2-4,9-11,17H2,1H3. The molecule has 0 aromatic heterocycles. The normalized spacial score (nSPS) is 22.4. The van der Waals surface area contributed by atoms with Crippen LogP contribution in [0.4, 0.5) is 0 Å². The maximum atomic E-state index is 5.98. The highest BCUT2D eigenvalue weighted by atomic mass is 35.5. The van der Waals surface area contributed by atoms with Crippen molar-refractivity contribution < 1.29 is 4.74 Å². The van der Waals surface area contributed by atoms with Crippen LogP contribution >= 0.6 is 11.6 Å². The lowest BCUT2D eigenvalue weighted by Crippen LogP contribution is -2.44. The molecule has 1 aromatic carbocycles. The zero-order valence-corrected chi connectivity index (χ0v) is 12.3. The topological polar surface area (TPSA) is 38.5 Å². The third kappa shape index (κ3) is 3.93. The van der Waals surface area contributed by atoms with Crippen LogP contribution in [-0.2, 0) is 4.74 Å². The van der Waals surface area contributed by atoms with Gasteiger partial charge in [0.2, 0.25) is 0 Å². The summed E-state index contributed by atoms with van der Waals surface area (Å²) >= 11 is 5.94. The molecule has 1 saturated heterocycles. The summed E-state index contributed by atoms with van der Waals surface area (Å²) in [4.78, 5) is 2.44. The molecule has 106 valence electrons. The Morgan fingerprint density at radius 1 is 1.42 bits per heavy atom. The monoisotopic (exact) mass is 282 g/mol. The van der Waals surface area contributed by atoms with Gasteiger partial charge in [0.25, 0.3) is 0 Å². The predicted octanol–water partition coefficient (Wildman–Crippen LogP) is 2.84. The molecule has 2 N–H and O–H groups in total. The van der Waals surface area contributed by atoms with Crippen LogP contribution in [0.3, 0.4) is 0 Å². The van der Waals surface area contributed by atoms with Gasteiger partial charge in [-0.15, -0.1) is 0 Å². The smallest absolute Gasteiger partial charge is 0.0702 e. The Morgan fingerprint density at radius 2 is 2.16 bits per heavy atom. The van der Waals surface area contributed by atoms with Crippen LogP contribution < -0.4 is 5.73 Å². The van der Waals surface area contributed by atoms with Gasteiger partial charge in [-0.2, -0.15) is 0 Å².